The summed E-state index contributed by atoms with van der Waals surface area (Å²) in [7, 11) is 0. The normalized spacial score (nSPS) is 31.2. The molecule has 0 amide bonds. The van der Waals surface area contributed by atoms with Crippen LogP contribution >= 0.6 is 0 Å². The van der Waals surface area contributed by atoms with Gasteiger partial charge < -0.3 is 15.5 Å². The molecule has 17 heavy (non-hydrogen) atoms. The van der Waals surface area contributed by atoms with Crippen molar-refractivity contribution in [1.82, 2.24) is 15.5 Å². The Labute approximate surface area is 106 Å². The van der Waals surface area contributed by atoms with Crippen molar-refractivity contribution in [2.75, 3.05) is 39.3 Å². The lowest BCUT2D eigenvalue weighted by atomic mass is 9.99. The van der Waals surface area contributed by atoms with E-state index in [4.69, 9.17) is 0 Å². The van der Waals surface area contributed by atoms with E-state index in [1.165, 1.54) is 58.5 Å². The van der Waals surface area contributed by atoms with E-state index in [2.05, 4.69) is 29.4 Å². The third-order valence-corrected chi connectivity index (χ3v) is 4.31. The lowest BCUT2D eigenvalue weighted by Crippen LogP contribution is -2.38. The van der Waals surface area contributed by atoms with Gasteiger partial charge in [0.1, 0.15) is 0 Å². The van der Waals surface area contributed by atoms with Crippen molar-refractivity contribution in [3.63, 3.8) is 0 Å². The molecule has 2 atom stereocenters. The number of hydrogen-bond acceptors (Lipinski definition) is 3. The van der Waals surface area contributed by atoms with Crippen LogP contribution in [0.2, 0.25) is 0 Å². The third-order valence-electron chi connectivity index (χ3n) is 4.31. The van der Waals surface area contributed by atoms with E-state index in [0.717, 1.165) is 17.9 Å². The van der Waals surface area contributed by atoms with Gasteiger partial charge in [0.25, 0.3) is 0 Å². The molecular formula is C14H29N3. The molecule has 0 radical (unpaired) electrons. The van der Waals surface area contributed by atoms with Gasteiger partial charge in [-0.15, -0.1) is 0 Å². The first-order valence-corrected chi connectivity index (χ1v) is 7.41. The van der Waals surface area contributed by atoms with E-state index in [0.29, 0.717) is 0 Å². The first-order valence-electron chi connectivity index (χ1n) is 7.41. The monoisotopic (exact) mass is 239 g/mol. The Morgan fingerprint density at radius 3 is 2.71 bits per heavy atom. The highest BCUT2D eigenvalue weighted by atomic mass is 15.2. The van der Waals surface area contributed by atoms with Gasteiger partial charge in [-0.25, -0.2) is 0 Å². The van der Waals surface area contributed by atoms with Gasteiger partial charge in [-0.2, -0.15) is 0 Å². The molecule has 2 fully saturated rings. The van der Waals surface area contributed by atoms with Gasteiger partial charge in [0.05, 0.1) is 0 Å². The number of hydrogen-bond donors (Lipinski definition) is 2. The number of piperidine rings is 1. The van der Waals surface area contributed by atoms with Crippen molar-refractivity contribution >= 4 is 0 Å². The summed E-state index contributed by atoms with van der Waals surface area (Å²) in [5.41, 5.74) is 0. The van der Waals surface area contributed by atoms with Gasteiger partial charge >= 0.3 is 0 Å². The first kappa shape index (κ1) is 13.3. The zero-order valence-electron chi connectivity index (χ0n) is 11.5. The molecule has 0 aromatic rings. The highest BCUT2D eigenvalue weighted by Gasteiger charge is 2.23. The minimum atomic E-state index is 0.725. The number of nitrogens with one attached hydrogen (secondary N) is 2. The first-order chi connectivity index (χ1) is 8.25. The second kappa shape index (κ2) is 6.72. The molecule has 0 aromatic carbocycles. The lowest BCUT2D eigenvalue weighted by molar-refractivity contribution is 0.262. The zero-order chi connectivity index (χ0) is 12.1. The number of likely N-dealkylation sites (tertiary alicyclic amines) is 1. The Bertz CT molecular complexity index is 212. The molecule has 0 saturated carbocycles. The van der Waals surface area contributed by atoms with Crippen LogP contribution in [0.15, 0.2) is 0 Å². The van der Waals surface area contributed by atoms with Crippen molar-refractivity contribution in [3.8, 4) is 0 Å². The van der Waals surface area contributed by atoms with E-state index >= 15 is 0 Å². The molecule has 2 unspecified atom stereocenters. The van der Waals surface area contributed by atoms with Crippen LogP contribution in [-0.4, -0.2) is 50.2 Å². The smallest absolute Gasteiger partial charge is 0.00387 e. The van der Waals surface area contributed by atoms with Gasteiger partial charge in [0.15, 0.2) is 0 Å². The minimum absolute atomic E-state index is 0.725. The van der Waals surface area contributed by atoms with Gasteiger partial charge in [-0.1, -0.05) is 0 Å². The Kier molecular flexibility index (Phi) is 5.26. The maximum atomic E-state index is 3.69. The lowest BCUT2D eigenvalue weighted by Gasteiger charge is -2.24. The predicted octanol–water partition coefficient (Wildman–Crippen LogP) is 1.31. The molecule has 0 aromatic heterocycles. The largest absolute Gasteiger partial charge is 0.316 e. The van der Waals surface area contributed by atoms with Crippen LogP contribution in [0.3, 0.4) is 0 Å². The molecule has 0 aliphatic carbocycles. The molecule has 2 saturated heterocycles. The van der Waals surface area contributed by atoms with Gasteiger partial charge in [0, 0.05) is 12.6 Å². The fraction of sp³-hybridized carbons (Fsp3) is 1.00. The molecule has 2 N–H and O–H groups in total. The fourth-order valence-electron chi connectivity index (χ4n) is 3.09. The van der Waals surface area contributed by atoms with E-state index < -0.39 is 0 Å². The van der Waals surface area contributed by atoms with E-state index in [-0.39, 0.29) is 0 Å². The summed E-state index contributed by atoms with van der Waals surface area (Å²) < 4.78 is 0. The van der Waals surface area contributed by atoms with Gasteiger partial charge in [-0.3, -0.25) is 0 Å². The average molecular weight is 239 g/mol. The Morgan fingerprint density at radius 2 is 2.06 bits per heavy atom. The van der Waals surface area contributed by atoms with Crippen molar-refractivity contribution in [3.05, 3.63) is 0 Å². The number of nitrogens with zero attached hydrogens (tertiary/aromatic N) is 1. The van der Waals surface area contributed by atoms with E-state index in [1.54, 1.807) is 0 Å². The summed E-state index contributed by atoms with van der Waals surface area (Å²) in [6, 6.07) is 0.725. The predicted molar refractivity (Wildman–Crippen MR) is 73.3 cm³/mol. The molecule has 3 nitrogen and oxygen atoms in total. The Morgan fingerprint density at radius 1 is 1.24 bits per heavy atom. The van der Waals surface area contributed by atoms with Gasteiger partial charge in [-0.05, 0) is 77.7 Å². The highest BCUT2D eigenvalue weighted by molar-refractivity contribution is 4.80. The summed E-state index contributed by atoms with van der Waals surface area (Å²) in [5.74, 6) is 1.75. The maximum absolute atomic E-state index is 3.69. The van der Waals surface area contributed by atoms with Crippen LogP contribution in [0, 0.1) is 11.8 Å². The molecule has 2 heterocycles. The average Bonchev–Trinajstić information content (AvgIpc) is 2.79. The van der Waals surface area contributed by atoms with E-state index in [1.807, 2.05) is 0 Å². The van der Waals surface area contributed by atoms with Crippen molar-refractivity contribution < 1.29 is 0 Å². The summed E-state index contributed by atoms with van der Waals surface area (Å²) in [4.78, 5) is 2.61. The second-order valence-corrected chi connectivity index (χ2v) is 6.11. The van der Waals surface area contributed by atoms with E-state index in [9.17, 15) is 0 Å². The second-order valence-electron chi connectivity index (χ2n) is 6.11. The minimum Gasteiger partial charge on any atom is -0.316 e. The summed E-state index contributed by atoms with van der Waals surface area (Å²) in [6.45, 7) is 12.1. The van der Waals surface area contributed by atoms with Crippen molar-refractivity contribution in [1.29, 1.82) is 0 Å². The van der Waals surface area contributed by atoms with Gasteiger partial charge in [0.2, 0.25) is 0 Å². The van der Waals surface area contributed by atoms with Crippen LogP contribution in [0.1, 0.15) is 33.1 Å². The summed E-state index contributed by atoms with van der Waals surface area (Å²) >= 11 is 0. The molecule has 2 rings (SSSR count). The summed E-state index contributed by atoms with van der Waals surface area (Å²) in [5, 5.41) is 7.18. The molecular weight excluding hydrogens is 210 g/mol. The Hall–Kier alpha value is -0.120. The topological polar surface area (TPSA) is 27.3 Å². The molecule has 0 spiro atoms. The Balaban J connectivity index is 1.56. The fourth-order valence-corrected chi connectivity index (χ4v) is 3.09. The van der Waals surface area contributed by atoms with Crippen LogP contribution in [-0.2, 0) is 0 Å². The molecule has 3 heteroatoms. The third kappa shape index (κ3) is 4.23. The molecule has 100 valence electrons. The van der Waals surface area contributed by atoms with Crippen molar-refractivity contribution in [2.45, 2.75) is 39.2 Å². The molecule has 2 aliphatic heterocycles. The van der Waals surface area contributed by atoms with Crippen LogP contribution in [0.4, 0.5) is 0 Å². The molecule has 0 bridgehead atoms. The standard InChI is InChI=1S/C14H29N3/c1-12(2)17-7-5-14(11-17)10-16-9-13-4-3-6-15-8-13/h12-16H,3-11H2,1-2H3. The summed E-state index contributed by atoms with van der Waals surface area (Å²) in [6.07, 6.45) is 4.15. The quantitative estimate of drug-likeness (QED) is 0.757. The van der Waals surface area contributed by atoms with Crippen LogP contribution in [0.25, 0.3) is 0 Å². The SMILES string of the molecule is CC(C)N1CCC(CNCC2CCCNC2)C1. The van der Waals surface area contributed by atoms with Crippen LogP contribution < -0.4 is 10.6 Å². The molecule has 2 aliphatic rings. The van der Waals surface area contributed by atoms with Crippen molar-refractivity contribution in [2.24, 2.45) is 11.8 Å². The number of rotatable bonds is 5. The zero-order valence-corrected chi connectivity index (χ0v) is 11.5. The van der Waals surface area contributed by atoms with Crippen LogP contribution in [0.5, 0.6) is 0 Å². The highest BCUT2D eigenvalue weighted by Crippen LogP contribution is 2.17. The maximum Gasteiger partial charge on any atom is 0.00387 e.